The van der Waals surface area contributed by atoms with Crippen molar-refractivity contribution in [2.75, 3.05) is 12.0 Å². The van der Waals surface area contributed by atoms with Gasteiger partial charge in [-0.1, -0.05) is 16.5 Å². The molecule has 0 fully saturated rings. The Kier molecular flexibility index (Phi) is 6.84. The molecule has 1 N–H and O–H groups in total. The van der Waals surface area contributed by atoms with Gasteiger partial charge in [0.1, 0.15) is 22.7 Å². The van der Waals surface area contributed by atoms with E-state index in [-0.39, 0.29) is 12.2 Å². The quantitative estimate of drug-likeness (QED) is 0.242. The fourth-order valence-corrected chi connectivity index (χ4v) is 4.56. The van der Waals surface area contributed by atoms with Crippen LogP contribution in [-0.2, 0) is 28.9 Å². The van der Waals surface area contributed by atoms with Gasteiger partial charge < -0.3 is 9.64 Å². The number of nitrogens with zero attached hydrogens (tertiary/aromatic N) is 7. The first-order chi connectivity index (χ1) is 19.4. The molecule has 1 aliphatic rings. The van der Waals surface area contributed by atoms with Crippen LogP contribution >= 0.6 is 8.25 Å². The molecule has 1 atom stereocenters. The Hall–Kier alpha value is -4.82. The molecule has 1 unspecified atom stereocenters. The second kappa shape index (κ2) is 10.7. The zero-order valence-electron chi connectivity index (χ0n) is 21.0. The van der Waals surface area contributed by atoms with E-state index in [4.69, 9.17) is 14.6 Å². The lowest BCUT2D eigenvalue weighted by molar-refractivity contribution is 0.206. The molecule has 0 radical (unpaired) electrons. The minimum atomic E-state index is -2.79. The molecule has 3 aromatic heterocycles. The standard InChI is InChI=1S/C27H19FN7O4P/c1-38-22-5-3-18-13-34(14-19(18)12-22)27-30-9-7-24(32-27)26-29-8-6-21(31-26)4-2-17-10-20-15-35(16-39-40(36)37)33-25(20)23(28)11-17/h3,5-12,15H,13-14,16H2,1H3/p+1. The van der Waals surface area contributed by atoms with Gasteiger partial charge in [0.05, 0.1) is 7.11 Å². The normalized spacial score (nSPS) is 12.7. The largest absolute Gasteiger partial charge is 0.696 e. The summed E-state index contributed by atoms with van der Waals surface area (Å²) < 4.78 is 36.6. The third-order valence-electron chi connectivity index (χ3n) is 6.19. The number of benzene rings is 2. The molecular formula is C27H20FN7O4P+. The first-order valence-corrected chi connectivity index (χ1v) is 13.1. The summed E-state index contributed by atoms with van der Waals surface area (Å²) in [7, 11) is -1.14. The Balaban J connectivity index is 1.22. The van der Waals surface area contributed by atoms with E-state index in [2.05, 4.69) is 41.3 Å². The van der Waals surface area contributed by atoms with E-state index in [0.29, 0.717) is 47.2 Å². The molecular weight excluding hydrogens is 536 g/mol. The van der Waals surface area contributed by atoms with E-state index in [1.807, 2.05) is 18.2 Å². The van der Waals surface area contributed by atoms with Crippen LogP contribution in [0.25, 0.3) is 22.4 Å². The molecule has 4 heterocycles. The maximum atomic E-state index is 14.6. The average Bonchev–Trinajstić information content (AvgIpc) is 3.59. The number of rotatable bonds is 6. The Labute approximate surface area is 228 Å². The van der Waals surface area contributed by atoms with Crippen LogP contribution in [0.3, 0.4) is 0 Å². The predicted molar refractivity (Wildman–Crippen MR) is 143 cm³/mol. The topological polar surface area (TPSA) is 128 Å². The second-order valence-corrected chi connectivity index (χ2v) is 9.54. The van der Waals surface area contributed by atoms with Crippen LogP contribution < -0.4 is 9.64 Å². The van der Waals surface area contributed by atoms with E-state index in [0.717, 1.165) is 5.75 Å². The maximum Gasteiger partial charge on any atom is 0.696 e. The minimum Gasteiger partial charge on any atom is -0.497 e. The summed E-state index contributed by atoms with van der Waals surface area (Å²) in [6, 6.07) is 12.3. The highest BCUT2D eigenvalue weighted by Gasteiger charge is 2.22. The SMILES string of the molecule is COc1ccc2c(c1)CN(c1nccc(-c3nccc(C#Cc4cc(F)c5nn(CO[P+](=O)O)cc5c4)n3)n1)C2. The van der Waals surface area contributed by atoms with Crippen molar-refractivity contribution in [3.8, 4) is 29.1 Å². The third-order valence-corrected chi connectivity index (χ3v) is 6.53. The number of hydrogen-bond donors (Lipinski definition) is 1. The highest BCUT2D eigenvalue weighted by atomic mass is 31.1. The molecule has 0 spiro atoms. The number of fused-ring (bicyclic) bond motifs is 2. The number of hydrogen-bond acceptors (Lipinski definition) is 9. The van der Waals surface area contributed by atoms with Crippen molar-refractivity contribution < 1.29 is 23.1 Å². The van der Waals surface area contributed by atoms with E-state index in [1.54, 1.807) is 37.7 Å². The number of ether oxygens (including phenoxy) is 1. The van der Waals surface area contributed by atoms with E-state index >= 15 is 0 Å². The van der Waals surface area contributed by atoms with Gasteiger partial charge in [-0.2, -0.15) is 5.10 Å². The van der Waals surface area contributed by atoms with Crippen LogP contribution in [0.5, 0.6) is 5.75 Å². The molecule has 198 valence electrons. The summed E-state index contributed by atoms with van der Waals surface area (Å²) in [4.78, 5) is 28.9. The number of anilines is 1. The highest BCUT2D eigenvalue weighted by molar-refractivity contribution is 7.32. The average molecular weight is 556 g/mol. The molecule has 0 amide bonds. The van der Waals surface area contributed by atoms with Gasteiger partial charge in [0, 0.05) is 47.2 Å². The molecule has 1 aliphatic heterocycles. The van der Waals surface area contributed by atoms with Crippen LogP contribution in [0.4, 0.5) is 10.3 Å². The summed E-state index contributed by atoms with van der Waals surface area (Å²) in [5.41, 5.74) is 3.86. The van der Waals surface area contributed by atoms with Gasteiger partial charge in [0.2, 0.25) is 5.95 Å². The summed E-state index contributed by atoms with van der Waals surface area (Å²) in [6.07, 6.45) is 4.77. The molecule has 0 bridgehead atoms. The Bertz CT molecular complexity index is 1840. The Morgan fingerprint density at radius 1 is 1.05 bits per heavy atom. The first-order valence-electron chi connectivity index (χ1n) is 12.0. The van der Waals surface area contributed by atoms with Crippen LogP contribution in [0.1, 0.15) is 22.4 Å². The molecule has 6 rings (SSSR count). The zero-order valence-corrected chi connectivity index (χ0v) is 21.9. The van der Waals surface area contributed by atoms with Gasteiger partial charge in [-0.25, -0.2) is 29.0 Å². The predicted octanol–water partition coefficient (Wildman–Crippen LogP) is 3.97. The minimum absolute atomic E-state index is 0.103. The lowest BCUT2D eigenvalue weighted by atomic mass is 10.1. The molecule has 0 aliphatic carbocycles. The number of halogens is 1. The van der Waals surface area contributed by atoms with Crippen LogP contribution in [0, 0.1) is 17.7 Å². The summed E-state index contributed by atoms with van der Waals surface area (Å²) in [5, 5.41) is 4.50. The highest BCUT2D eigenvalue weighted by Crippen LogP contribution is 2.29. The van der Waals surface area contributed by atoms with Crippen molar-refractivity contribution in [1.82, 2.24) is 29.7 Å². The fourth-order valence-electron chi connectivity index (χ4n) is 4.34. The first kappa shape index (κ1) is 25.5. The van der Waals surface area contributed by atoms with Crippen molar-refractivity contribution in [1.29, 1.82) is 0 Å². The van der Waals surface area contributed by atoms with E-state index < -0.39 is 14.1 Å². The molecule has 13 heteroatoms. The molecule has 0 saturated carbocycles. The zero-order chi connectivity index (χ0) is 27.6. The Morgan fingerprint density at radius 3 is 2.75 bits per heavy atom. The van der Waals surface area contributed by atoms with Crippen molar-refractivity contribution in [3.63, 3.8) is 0 Å². The van der Waals surface area contributed by atoms with Crippen molar-refractivity contribution in [3.05, 3.63) is 89.3 Å². The second-order valence-electron chi connectivity index (χ2n) is 8.81. The van der Waals surface area contributed by atoms with Gasteiger partial charge in [0.15, 0.2) is 18.4 Å². The number of methoxy groups -OCH3 is 1. The molecule has 5 aromatic rings. The smallest absolute Gasteiger partial charge is 0.497 e. The summed E-state index contributed by atoms with van der Waals surface area (Å²) >= 11 is 0. The third kappa shape index (κ3) is 5.34. The van der Waals surface area contributed by atoms with Crippen LogP contribution in [0.2, 0.25) is 0 Å². The monoisotopic (exact) mass is 556 g/mol. The van der Waals surface area contributed by atoms with Gasteiger partial charge in [0.25, 0.3) is 0 Å². The van der Waals surface area contributed by atoms with Crippen LogP contribution in [0.15, 0.2) is 61.1 Å². The molecule has 2 aromatic carbocycles. The van der Waals surface area contributed by atoms with Crippen molar-refractivity contribution in [2.24, 2.45) is 0 Å². The Morgan fingerprint density at radius 2 is 1.90 bits per heavy atom. The molecule has 11 nitrogen and oxygen atoms in total. The fraction of sp³-hybridized carbons (Fsp3) is 0.148. The van der Waals surface area contributed by atoms with Gasteiger partial charge in [-0.05, 0) is 53.4 Å². The van der Waals surface area contributed by atoms with E-state index in [9.17, 15) is 8.96 Å². The molecule has 40 heavy (non-hydrogen) atoms. The van der Waals surface area contributed by atoms with Crippen LogP contribution in [-0.4, -0.2) is 41.7 Å². The van der Waals surface area contributed by atoms with Crippen molar-refractivity contribution in [2.45, 2.75) is 19.8 Å². The van der Waals surface area contributed by atoms with Gasteiger partial charge >= 0.3 is 8.25 Å². The maximum absolute atomic E-state index is 14.6. The van der Waals surface area contributed by atoms with Gasteiger partial charge in [-0.3, -0.25) is 0 Å². The summed E-state index contributed by atoms with van der Waals surface area (Å²) in [6.45, 7) is 1.06. The van der Waals surface area contributed by atoms with E-state index in [1.165, 1.54) is 28.1 Å². The van der Waals surface area contributed by atoms with Crippen molar-refractivity contribution >= 4 is 25.1 Å². The van der Waals surface area contributed by atoms with Gasteiger partial charge in [-0.15, -0.1) is 4.89 Å². The summed E-state index contributed by atoms with van der Waals surface area (Å²) in [5.74, 6) is 7.05. The molecule has 0 saturated heterocycles. The lowest BCUT2D eigenvalue weighted by Crippen LogP contribution is -2.17. The number of aromatic nitrogens is 6. The lowest BCUT2D eigenvalue weighted by Gasteiger charge is -2.15.